The summed E-state index contributed by atoms with van der Waals surface area (Å²) in [6.45, 7) is 3.31. The number of carbonyl (C=O) groups excluding carboxylic acids is 1. The molecule has 0 spiro atoms. The van der Waals surface area contributed by atoms with Gasteiger partial charge in [0.2, 0.25) is 5.91 Å². The summed E-state index contributed by atoms with van der Waals surface area (Å²) in [4.78, 5) is 21.9. The largest absolute Gasteiger partial charge is 0.508 e. The predicted octanol–water partition coefficient (Wildman–Crippen LogP) is 2.95. The minimum absolute atomic E-state index is 0.135. The van der Waals surface area contributed by atoms with Crippen LogP contribution in [0, 0.1) is 0 Å². The van der Waals surface area contributed by atoms with E-state index in [0.717, 1.165) is 41.4 Å². The third kappa shape index (κ3) is 3.80. The number of piperazine rings is 1. The Morgan fingerprint density at radius 3 is 2.50 bits per heavy atom. The molecule has 1 saturated heterocycles. The third-order valence-electron chi connectivity index (χ3n) is 5.15. The number of phenolic OH excluding ortho intramolecular Hbond substituents is 1. The highest BCUT2D eigenvalue weighted by molar-refractivity contribution is 7.97. The van der Waals surface area contributed by atoms with E-state index in [2.05, 4.69) is 9.47 Å². The Balaban J connectivity index is 1.44. The molecule has 1 aliphatic heterocycles. The summed E-state index contributed by atoms with van der Waals surface area (Å²) < 4.78 is 2.06. The molecule has 3 aromatic rings. The summed E-state index contributed by atoms with van der Waals surface area (Å²) in [5, 5.41) is 9.45. The molecular weight excluding hydrogens is 372 g/mol. The van der Waals surface area contributed by atoms with Gasteiger partial charge in [-0.3, -0.25) is 4.79 Å². The van der Waals surface area contributed by atoms with Crippen molar-refractivity contribution in [1.82, 2.24) is 14.5 Å². The SMILES string of the molecule is CSCc1nc2ccccc2n1CC(=O)N1CCN(c2ccc(O)cc2)CC1. The molecule has 1 amide bonds. The van der Waals surface area contributed by atoms with E-state index >= 15 is 0 Å². The second kappa shape index (κ2) is 8.14. The zero-order chi connectivity index (χ0) is 19.5. The first-order valence-electron chi connectivity index (χ1n) is 9.40. The molecule has 0 saturated carbocycles. The lowest BCUT2D eigenvalue weighted by molar-refractivity contribution is -0.132. The van der Waals surface area contributed by atoms with Gasteiger partial charge in [-0.25, -0.2) is 4.98 Å². The van der Waals surface area contributed by atoms with Gasteiger partial charge < -0.3 is 19.5 Å². The van der Waals surface area contributed by atoms with Crippen LogP contribution in [0.5, 0.6) is 5.75 Å². The number of aromatic nitrogens is 2. The van der Waals surface area contributed by atoms with Crippen molar-refractivity contribution in [2.45, 2.75) is 12.3 Å². The van der Waals surface area contributed by atoms with Crippen LogP contribution in [0.3, 0.4) is 0 Å². The number of phenols is 1. The van der Waals surface area contributed by atoms with Crippen LogP contribution in [0.15, 0.2) is 48.5 Å². The predicted molar refractivity (Wildman–Crippen MR) is 114 cm³/mol. The van der Waals surface area contributed by atoms with Gasteiger partial charge in [0.1, 0.15) is 18.1 Å². The topological polar surface area (TPSA) is 61.6 Å². The maximum absolute atomic E-state index is 13.0. The summed E-state index contributed by atoms with van der Waals surface area (Å²) >= 11 is 1.71. The maximum Gasteiger partial charge on any atom is 0.242 e. The molecule has 0 aliphatic carbocycles. The minimum atomic E-state index is 0.135. The average molecular weight is 397 g/mol. The monoisotopic (exact) mass is 396 g/mol. The molecule has 1 N–H and O–H groups in total. The number of benzene rings is 2. The number of thioether (sulfide) groups is 1. The molecule has 146 valence electrons. The number of rotatable bonds is 5. The average Bonchev–Trinajstić information content (AvgIpc) is 3.06. The Kier molecular flexibility index (Phi) is 5.43. The van der Waals surface area contributed by atoms with Crippen molar-refractivity contribution >= 4 is 34.4 Å². The van der Waals surface area contributed by atoms with Crippen LogP contribution in [0.1, 0.15) is 5.82 Å². The standard InChI is InChI=1S/C21H24N4O2S/c1-28-15-20-22-18-4-2-3-5-19(18)25(20)14-21(27)24-12-10-23(11-13-24)16-6-8-17(26)9-7-16/h2-9,26H,10-15H2,1H3. The number of fused-ring (bicyclic) bond motifs is 1. The number of anilines is 1. The van der Waals surface area contributed by atoms with Crippen LogP contribution in [0.4, 0.5) is 5.69 Å². The molecule has 0 atom stereocenters. The normalized spacial score (nSPS) is 14.6. The fourth-order valence-electron chi connectivity index (χ4n) is 3.65. The van der Waals surface area contributed by atoms with Crippen LogP contribution in [-0.4, -0.2) is 57.9 Å². The molecule has 1 fully saturated rings. The first-order valence-corrected chi connectivity index (χ1v) is 10.8. The van der Waals surface area contributed by atoms with E-state index in [1.165, 1.54) is 0 Å². The number of carbonyl (C=O) groups is 1. The summed E-state index contributed by atoms with van der Waals surface area (Å²) in [5.41, 5.74) is 3.03. The van der Waals surface area contributed by atoms with Crippen LogP contribution >= 0.6 is 11.8 Å². The molecule has 6 nitrogen and oxygen atoms in total. The molecule has 0 unspecified atom stereocenters. The fourth-order valence-corrected chi connectivity index (χ4v) is 4.13. The van der Waals surface area contributed by atoms with Crippen molar-refractivity contribution in [3.8, 4) is 5.75 Å². The Hall–Kier alpha value is -2.67. The molecule has 0 bridgehead atoms. The van der Waals surface area contributed by atoms with Gasteiger partial charge in [-0.1, -0.05) is 12.1 Å². The molecule has 7 heteroatoms. The van der Waals surface area contributed by atoms with Crippen LogP contribution in [0.25, 0.3) is 11.0 Å². The highest BCUT2D eigenvalue weighted by atomic mass is 32.2. The Labute approximate surface area is 168 Å². The Morgan fingerprint density at radius 1 is 1.07 bits per heavy atom. The molecule has 2 heterocycles. The summed E-state index contributed by atoms with van der Waals surface area (Å²) in [5.74, 6) is 2.14. The number of amides is 1. The number of para-hydroxylation sites is 2. The fraction of sp³-hybridized carbons (Fsp3) is 0.333. The van der Waals surface area contributed by atoms with Gasteiger partial charge in [0.25, 0.3) is 0 Å². The second-order valence-corrected chi connectivity index (χ2v) is 7.79. The van der Waals surface area contributed by atoms with Crippen LogP contribution in [0.2, 0.25) is 0 Å². The van der Waals surface area contributed by atoms with Gasteiger partial charge in [-0.05, 0) is 42.7 Å². The number of nitrogens with zero attached hydrogens (tertiary/aromatic N) is 4. The molecule has 1 aliphatic rings. The zero-order valence-electron chi connectivity index (χ0n) is 15.9. The van der Waals surface area contributed by atoms with Gasteiger partial charge in [-0.15, -0.1) is 0 Å². The smallest absolute Gasteiger partial charge is 0.242 e. The minimum Gasteiger partial charge on any atom is -0.508 e. The van der Waals surface area contributed by atoms with Crippen LogP contribution in [-0.2, 0) is 17.1 Å². The third-order valence-corrected chi connectivity index (χ3v) is 5.69. The Bertz CT molecular complexity index is 962. The van der Waals surface area contributed by atoms with Crippen molar-refractivity contribution in [1.29, 1.82) is 0 Å². The van der Waals surface area contributed by atoms with E-state index in [4.69, 9.17) is 4.98 Å². The van der Waals surface area contributed by atoms with Crippen molar-refractivity contribution in [2.24, 2.45) is 0 Å². The zero-order valence-corrected chi connectivity index (χ0v) is 16.7. The molecule has 1 aromatic heterocycles. The highest BCUT2D eigenvalue weighted by Crippen LogP contribution is 2.21. The van der Waals surface area contributed by atoms with E-state index in [9.17, 15) is 9.90 Å². The number of aromatic hydroxyl groups is 1. The van der Waals surface area contributed by atoms with Gasteiger partial charge >= 0.3 is 0 Å². The lowest BCUT2D eigenvalue weighted by Crippen LogP contribution is -2.49. The first kappa shape index (κ1) is 18.7. The van der Waals surface area contributed by atoms with Gasteiger partial charge in [0.05, 0.1) is 16.8 Å². The van der Waals surface area contributed by atoms with E-state index < -0.39 is 0 Å². The van der Waals surface area contributed by atoms with Gasteiger partial charge in [-0.2, -0.15) is 11.8 Å². The lowest BCUT2D eigenvalue weighted by Gasteiger charge is -2.36. The number of hydrogen-bond acceptors (Lipinski definition) is 5. The van der Waals surface area contributed by atoms with E-state index in [0.29, 0.717) is 19.6 Å². The quantitative estimate of drug-likeness (QED) is 0.718. The van der Waals surface area contributed by atoms with Gasteiger partial charge in [0, 0.05) is 31.9 Å². The van der Waals surface area contributed by atoms with Crippen molar-refractivity contribution in [3.05, 3.63) is 54.4 Å². The maximum atomic E-state index is 13.0. The van der Waals surface area contributed by atoms with E-state index in [1.807, 2.05) is 47.6 Å². The molecule has 28 heavy (non-hydrogen) atoms. The molecule has 4 rings (SSSR count). The molecule has 2 aromatic carbocycles. The summed E-state index contributed by atoms with van der Waals surface area (Å²) in [6.07, 6.45) is 2.05. The lowest BCUT2D eigenvalue weighted by atomic mass is 10.2. The highest BCUT2D eigenvalue weighted by Gasteiger charge is 2.23. The number of hydrogen-bond donors (Lipinski definition) is 1. The molecular formula is C21H24N4O2S. The van der Waals surface area contributed by atoms with E-state index in [-0.39, 0.29) is 11.7 Å². The van der Waals surface area contributed by atoms with Crippen molar-refractivity contribution in [2.75, 3.05) is 37.3 Å². The summed E-state index contributed by atoms with van der Waals surface area (Å²) in [6, 6.07) is 15.2. The van der Waals surface area contributed by atoms with Gasteiger partial charge in [0.15, 0.2) is 0 Å². The number of imidazole rings is 1. The van der Waals surface area contributed by atoms with Crippen molar-refractivity contribution < 1.29 is 9.90 Å². The first-order chi connectivity index (χ1) is 13.7. The molecule has 0 radical (unpaired) electrons. The summed E-state index contributed by atoms with van der Waals surface area (Å²) in [7, 11) is 0. The second-order valence-electron chi connectivity index (χ2n) is 6.92. The Morgan fingerprint density at radius 2 is 1.79 bits per heavy atom. The van der Waals surface area contributed by atoms with Crippen molar-refractivity contribution in [3.63, 3.8) is 0 Å². The van der Waals surface area contributed by atoms with E-state index in [1.54, 1.807) is 23.9 Å². The van der Waals surface area contributed by atoms with Crippen LogP contribution < -0.4 is 4.90 Å².